The number of rotatable bonds is 13. The van der Waals surface area contributed by atoms with Crippen LogP contribution in [0.15, 0.2) is 71.8 Å². The Morgan fingerprint density at radius 3 is 2.27 bits per heavy atom. The molecule has 2 N–H and O–H groups in total. The van der Waals surface area contributed by atoms with Crippen LogP contribution in [0.1, 0.15) is 75.5 Å². The van der Waals surface area contributed by atoms with E-state index in [1.165, 1.54) is 42.7 Å². The lowest BCUT2D eigenvalue weighted by molar-refractivity contribution is -0.127. The highest BCUT2D eigenvalue weighted by molar-refractivity contribution is 7.89. The Hall–Kier alpha value is -4.55. The van der Waals surface area contributed by atoms with Gasteiger partial charge in [-0.1, -0.05) is 44.4 Å². The van der Waals surface area contributed by atoms with Crippen molar-refractivity contribution in [1.29, 1.82) is 0 Å². The topological polar surface area (TPSA) is 130 Å². The van der Waals surface area contributed by atoms with Crippen LogP contribution in [0.3, 0.4) is 0 Å². The Labute approximate surface area is 306 Å². The zero-order chi connectivity index (χ0) is 36.8. The number of hydrogen-bond donors (Lipinski definition) is 2. The van der Waals surface area contributed by atoms with Crippen molar-refractivity contribution in [2.45, 2.75) is 81.7 Å². The smallest absolute Gasteiger partial charge is 0.248 e. The summed E-state index contributed by atoms with van der Waals surface area (Å²) in [5.74, 6) is 0.671. The third kappa shape index (κ3) is 7.92. The largest absolute Gasteiger partial charge is 0.493 e. The molecule has 278 valence electrons. The van der Waals surface area contributed by atoms with Gasteiger partial charge in [-0.15, -0.1) is 0 Å². The van der Waals surface area contributed by atoms with Crippen molar-refractivity contribution >= 4 is 38.4 Å². The number of nitrogens with zero attached hydrogens (tertiary/aromatic N) is 2. The van der Waals surface area contributed by atoms with Gasteiger partial charge in [0.25, 0.3) is 0 Å². The first kappa shape index (κ1) is 37.2. The van der Waals surface area contributed by atoms with Crippen LogP contribution in [0.4, 0.5) is 5.69 Å². The summed E-state index contributed by atoms with van der Waals surface area (Å²) in [5.41, 5.74) is 2.82. The number of sulfonamides is 1. The summed E-state index contributed by atoms with van der Waals surface area (Å²) in [5, 5.41) is 4.28. The van der Waals surface area contributed by atoms with Gasteiger partial charge in [0.1, 0.15) is 6.04 Å². The molecule has 0 spiro atoms. The predicted molar refractivity (Wildman–Crippen MR) is 202 cm³/mol. The molecule has 0 unspecified atom stereocenters. The number of piperidine rings is 1. The Morgan fingerprint density at radius 2 is 1.62 bits per heavy atom. The fourth-order valence-corrected chi connectivity index (χ4v) is 9.23. The summed E-state index contributed by atoms with van der Waals surface area (Å²) >= 11 is 0. The molecule has 52 heavy (non-hydrogen) atoms. The second-order valence-electron chi connectivity index (χ2n) is 13.9. The van der Waals surface area contributed by atoms with Crippen LogP contribution in [-0.2, 0) is 26.0 Å². The number of anilines is 1. The number of benzene rings is 3. The van der Waals surface area contributed by atoms with Gasteiger partial charge in [0.15, 0.2) is 11.5 Å². The SMILES string of the molecule is COc1cc([C@H](C(=O)NC2CCCCC2)N(C(=O)CCc2c[nH]c3ccccc23)c2ccc(S(=O)(=O)N3CCC[C@@H](C)C3)cc2)cc(OC)c1OC. The van der Waals surface area contributed by atoms with Gasteiger partial charge in [0.2, 0.25) is 27.6 Å². The van der Waals surface area contributed by atoms with Crippen molar-refractivity contribution in [1.82, 2.24) is 14.6 Å². The Balaban J connectivity index is 1.43. The quantitative estimate of drug-likeness (QED) is 0.155. The van der Waals surface area contributed by atoms with Gasteiger partial charge in [-0.25, -0.2) is 8.42 Å². The summed E-state index contributed by atoms with van der Waals surface area (Å²) < 4.78 is 45.9. The first-order valence-corrected chi connectivity index (χ1v) is 19.7. The van der Waals surface area contributed by atoms with E-state index in [9.17, 15) is 18.0 Å². The van der Waals surface area contributed by atoms with Crippen LogP contribution in [-0.4, -0.2) is 70.0 Å². The number of aromatic amines is 1. The summed E-state index contributed by atoms with van der Waals surface area (Å²) in [7, 11) is 0.765. The van der Waals surface area contributed by atoms with Crippen LogP contribution in [0.2, 0.25) is 0 Å². The van der Waals surface area contributed by atoms with E-state index in [0.717, 1.165) is 61.4 Å². The van der Waals surface area contributed by atoms with Crippen molar-refractivity contribution < 1.29 is 32.2 Å². The molecule has 0 radical (unpaired) electrons. The third-order valence-electron chi connectivity index (χ3n) is 10.4. The molecule has 1 saturated carbocycles. The minimum absolute atomic E-state index is 0.0339. The number of methoxy groups -OCH3 is 3. The molecule has 6 rings (SSSR count). The number of ether oxygens (including phenoxy) is 3. The highest BCUT2D eigenvalue weighted by Gasteiger charge is 2.36. The van der Waals surface area contributed by atoms with Crippen molar-refractivity contribution in [2.24, 2.45) is 5.92 Å². The summed E-state index contributed by atoms with van der Waals surface area (Å²) in [6, 6.07) is 16.5. The van der Waals surface area contributed by atoms with Crippen molar-refractivity contribution in [2.75, 3.05) is 39.3 Å². The number of fused-ring (bicyclic) bond motifs is 1. The lowest BCUT2D eigenvalue weighted by atomic mass is 9.94. The number of carbonyl (C=O) groups is 2. The van der Waals surface area contributed by atoms with Crippen LogP contribution in [0.25, 0.3) is 10.9 Å². The number of aromatic nitrogens is 1. The fourth-order valence-electron chi connectivity index (χ4n) is 7.63. The molecule has 1 aliphatic heterocycles. The molecule has 2 fully saturated rings. The lowest BCUT2D eigenvalue weighted by Gasteiger charge is -2.34. The molecule has 2 amide bonds. The number of nitrogens with one attached hydrogen (secondary N) is 2. The normalized spacial score (nSPS) is 17.7. The first-order valence-electron chi connectivity index (χ1n) is 18.2. The van der Waals surface area contributed by atoms with E-state index in [1.54, 1.807) is 24.3 Å². The molecular formula is C40H50N4O7S. The Kier molecular flexibility index (Phi) is 11.7. The number of aryl methyl sites for hydroxylation is 1. The lowest BCUT2D eigenvalue weighted by Crippen LogP contribution is -2.47. The number of H-pyrrole nitrogens is 1. The maximum Gasteiger partial charge on any atom is 0.248 e. The van der Waals surface area contributed by atoms with Gasteiger partial charge < -0.3 is 24.5 Å². The Bertz CT molecular complexity index is 1950. The van der Waals surface area contributed by atoms with E-state index in [4.69, 9.17) is 14.2 Å². The van der Waals surface area contributed by atoms with Crippen LogP contribution < -0.4 is 24.4 Å². The van der Waals surface area contributed by atoms with E-state index in [1.807, 2.05) is 30.5 Å². The molecule has 3 aromatic carbocycles. The maximum atomic E-state index is 14.7. The summed E-state index contributed by atoms with van der Waals surface area (Å²) in [6.45, 7) is 3.00. The average molecular weight is 731 g/mol. The van der Waals surface area contributed by atoms with Gasteiger partial charge in [-0.05, 0) is 91.6 Å². The van der Waals surface area contributed by atoms with Crippen molar-refractivity contribution in [3.05, 3.63) is 78.0 Å². The van der Waals surface area contributed by atoms with Gasteiger partial charge in [-0.3, -0.25) is 14.5 Å². The number of para-hydroxylation sites is 1. The van der Waals surface area contributed by atoms with Crippen LogP contribution in [0, 0.1) is 5.92 Å². The molecule has 1 saturated heterocycles. The van der Waals surface area contributed by atoms with E-state index in [0.29, 0.717) is 48.0 Å². The molecule has 4 aromatic rings. The summed E-state index contributed by atoms with van der Waals surface area (Å²) in [6.07, 6.45) is 9.07. The summed E-state index contributed by atoms with van der Waals surface area (Å²) in [4.78, 5) is 34.3. The Morgan fingerprint density at radius 1 is 0.923 bits per heavy atom. The average Bonchev–Trinajstić information content (AvgIpc) is 3.58. The zero-order valence-corrected chi connectivity index (χ0v) is 31.3. The van der Waals surface area contributed by atoms with Gasteiger partial charge in [-0.2, -0.15) is 4.31 Å². The minimum Gasteiger partial charge on any atom is -0.493 e. The zero-order valence-electron chi connectivity index (χ0n) is 30.5. The van der Waals surface area contributed by atoms with Gasteiger partial charge in [0.05, 0.1) is 26.2 Å². The number of carbonyl (C=O) groups excluding carboxylic acids is 2. The monoisotopic (exact) mass is 730 g/mol. The van der Waals surface area contributed by atoms with Crippen molar-refractivity contribution in [3.8, 4) is 17.2 Å². The molecule has 1 aliphatic carbocycles. The second-order valence-corrected chi connectivity index (χ2v) is 15.9. The van der Waals surface area contributed by atoms with Crippen molar-refractivity contribution in [3.63, 3.8) is 0 Å². The fraction of sp³-hybridized carbons (Fsp3) is 0.450. The maximum absolute atomic E-state index is 14.7. The van der Waals surface area contributed by atoms with E-state index >= 15 is 0 Å². The molecule has 11 nitrogen and oxygen atoms in total. The molecule has 2 heterocycles. The molecule has 12 heteroatoms. The molecule has 0 bridgehead atoms. The second kappa shape index (κ2) is 16.4. The predicted octanol–water partition coefficient (Wildman–Crippen LogP) is 6.77. The standard InChI is InChI=1S/C40H50N4O7S/c1-27-11-10-22-43(26-27)52(47,48)32-19-17-31(18-20-32)44(37(45)21-16-28-25-41-34-15-9-8-14-33(28)34)38(40(46)42-30-12-6-5-7-13-30)29-23-35(49-2)39(51-4)36(24-29)50-3/h8-9,14-15,17-20,23-25,27,30,38,41H,5-7,10-13,16,21-22,26H2,1-4H3,(H,42,46)/t27-,38-/m1/s1. The first-order chi connectivity index (χ1) is 25.1. The number of hydrogen-bond acceptors (Lipinski definition) is 7. The molecule has 2 aliphatic rings. The van der Waals surface area contributed by atoms with E-state index in [2.05, 4.69) is 17.2 Å². The van der Waals surface area contributed by atoms with E-state index < -0.39 is 16.1 Å². The molecular weight excluding hydrogens is 681 g/mol. The van der Waals surface area contributed by atoms with Gasteiger partial charge in [0, 0.05) is 48.3 Å². The molecule has 2 atom stereocenters. The minimum atomic E-state index is -3.75. The van der Waals surface area contributed by atoms with Crippen LogP contribution in [0.5, 0.6) is 17.2 Å². The highest BCUT2D eigenvalue weighted by Crippen LogP contribution is 2.42. The third-order valence-corrected chi connectivity index (χ3v) is 12.3. The van der Waals surface area contributed by atoms with Gasteiger partial charge >= 0.3 is 0 Å². The molecule has 1 aromatic heterocycles. The highest BCUT2D eigenvalue weighted by atomic mass is 32.2. The van der Waals surface area contributed by atoms with E-state index in [-0.39, 0.29) is 35.1 Å². The number of amides is 2. The van der Waals surface area contributed by atoms with Crippen LogP contribution >= 0.6 is 0 Å².